The maximum Gasteiger partial charge on any atom is 0.410 e. The molecule has 0 aromatic heterocycles. The Morgan fingerprint density at radius 1 is 0.703 bits per heavy atom. The number of amides is 1. The van der Waals surface area contributed by atoms with Crippen molar-refractivity contribution < 1.29 is 28.5 Å². The molecule has 0 spiro atoms. The van der Waals surface area contributed by atoms with Crippen LogP contribution in [0.5, 0.6) is 17.2 Å². The zero-order valence-electron chi connectivity index (χ0n) is 22.0. The van der Waals surface area contributed by atoms with Gasteiger partial charge < -0.3 is 28.6 Å². The van der Waals surface area contributed by atoms with Crippen molar-refractivity contribution in [2.24, 2.45) is 0 Å². The fourth-order valence-corrected chi connectivity index (χ4v) is 3.62. The smallest absolute Gasteiger partial charge is 0.410 e. The molecule has 0 aliphatic carbocycles. The molecular formula is C29H36N2O6. The van der Waals surface area contributed by atoms with Crippen LogP contribution in [0.25, 0.3) is 0 Å². The van der Waals surface area contributed by atoms with Crippen LogP contribution in [0.15, 0.2) is 72.8 Å². The number of ether oxygens (including phenoxy) is 5. The third-order valence-electron chi connectivity index (χ3n) is 5.56. The van der Waals surface area contributed by atoms with Crippen molar-refractivity contribution in [1.82, 2.24) is 4.90 Å². The third kappa shape index (κ3) is 9.24. The number of hydrogen-bond acceptors (Lipinski definition) is 7. The standard InChI is InChI=1S/C29H36N2O6/c1-30(2)25-10-7-13-28(20-25)36-16-14-35-15-17-37-29(32)31(21-23-8-5-11-26(18-23)33-3)22-24-9-6-12-27(19-24)34-4/h5-13,18-20H,14-17,21-22H2,1-4H3. The van der Waals surface area contributed by atoms with Crippen LogP contribution in [0.1, 0.15) is 11.1 Å². The molecular weight excluding hydrogens is 472 g/mol. The van der Waals surface area contributed by atoms with E-state index in [0.29, 0.717) is 26.3 Å². The van der Waals surface area contributed by atoms with Gasteiger partial charge in [0, 0.05) is 38.9 Å². The maximum absolute atomic E-state index is 13.0. The highest BCUT2D eigenvalue weighted by molar-refractivity contribution is 5.67. The normalized spacial score (nSPS) is 10.5. The fraction of sp³-hybridized carbons (Fsp3) is 0.345. The molecule has 0 fully saturated rings. The molecule has 0 atom stereocenters. The van der Waals surface area contributed by atoms with Crippen LogP contribution in [0.3, 0.4) is 0 Å². The number of rotatable bonds is 14. The lowest BCUT2D eigenvalue weighted by Gasteiger charge is -2.23. The molecule has 0 aliphatic rings. The Hall–Kier alpha value is -3.91. The number of anilines is 1. The zero-order chi connectivity index (χ0) is 26.5. The lowest BCUT2D eigenvalue weighted by Crippen LogP contribution is -2.31. The second kappa shape index (κ2) is 14.6. The average molecular weight is 509 g/mol. The van der Waals surface area contributed by atoms with Gasteiger partial charge >= 0.3 is 6.09 Å². The Labute approximate surface area is 219 Å². The van der Waals surface area contributed by atoms with E-state index in [1.807, 2.05) is 91.8 Å². The molecule has 3 aromatic rings. The molecule has 198 valence electrons. The molecule has 0 radical (unpaired) electrons. The molecule has 0 N–H and O–H groups in total. The highest BCUT2D eigenvalue weighted by Gasteiger charge is 2.17. The topological polar surface area (TPSA) is 69.7 Å². The van der Waals surface area contributed by atoms with Gasteiger partial charge in [-0.25, -0.2) is 4.79 Å². The van der Waals surface area contributed by atoms with E-state index in [-0.39, 0.29) is 13.2 Å². The van der Waals surface area contributed by atoms with E-state index in [2.05, 4.69) is 0 Å². The van der Waals surface area contributed by atoms with Crippen LogP contribution in [-0.2, 0) is 22.6 Å². The van der Waals surface area contributed by atoms with Crippen LogP contribution >= 0.6 is 0 Å². The quantitative estimate of drug-likeness (QED) is 0.284. The van der Waals surface area contributed by atoms with Gasteiger partial charge in [0.2, 0.25) is 0 Å². The van der Waals surface area contributed by atoms with E-state index in [1.165, 1.54) is 0 Å². The van der Waals surface area contributed by atoms with E-state index in [1.54, 1.807) is 19.1 Å². The highest BCUT2D eigenvalue weighted by atomic mass is 16.6. The van der Waals surface area contributed by atoms with Crippen molar-refractivity contribution in [3.8, 4) is 17.2 Å². The highest BCUT2D eigenvalue weighted by Crippen LogP contribution is 2.20. The molecule has 3 rings (SSSR count). The summed E-state index contributed by atoms with van der Waals surface area (Å²) in [5, 5.41) is 0. The molecule has 1 amide bonds. The molecule has 0 heterocycles. The number of carbonyl (C=O) groups excluding carboxylic acids is 1. The largest absolute Gasteiger partial charge is 0.497 e. The Morgan fingerprint density at radius 3 is 1.86 bits per heavy atom. The van der Waals surface area contributed by atoms with Gasteiger partial charge in [0.05, 0.1) is 27.4 Å². The lowest BCUT2D eigenvalue weighted by atomic mass is 10.1. The lowest BCUT2D eigenvalue weighted by molar-refractivity contribution is 0.0426. The summed E-state index contributed by atoms with van der Waals surface area (Å²) in [6.07, 6.45) is -0.425. The second-order valence-electron chi connectivity index (χ2n) is 8.53. The van der Waals surface area contributed by atoms with E-state index < -0.39 is 6.09 Å². The molecule has 37 heavy (non-hydrogen) atoms. The number of methoxy groups -OCH3 is 2. The number of hydrogen-bond donors (Lipinski definition) is 0. The molecule has 0 unspecified atom stereocenters. The Balaban J connectivity index is 1.48. The van der Waals surface area contributed by atoms with Gasteiger partial charge in [0.25, 0.3) is 0 Å². The van der Waals surface area contributed by atoms with Gasteiger partial charge in [-0.15, -0.1) is 0 Å². The summed E-state index contributed by atoms with van der Waals surface area (Å²) in [6.45, 7) is 1.95. The SMILES string of the molecule is COc1cccc(CN(Cc2cccc(OC)c2)C(=O)OCCOCCOc2cccc(N(C)C)c2)c1. The third-order valence-corrected chi connectivity index (χ3v) is 5.56. The minimum Gasteiger partial charge on any atom is -0.497 e. The number of carbonyl (C=O) groups is 1. The van der Waals surface area contributed by atoms with Crippen molar-refractivity contribution in [2.75, 3.05) is 59.6 Å². The molecule has 0 bridgehead atoms. The summed E-state index contributed by atoms with van der Waals surface area (Å²) in [4.78, 5) is 16.6. The van der Waals surface area contributed by atoms with Crippen molar-refractivity contribution in [3.63, 3.8) is 0 Å². The predicted octanol–water partition coefficient (Wildman–Crippen LogP) is 5.00. The van der Waals surface area contributed by atoms with Gasteiger partial charge in [-0.3, -0.25) is 4.90 Å². The average Bonchev–Trinajstić information content (AvgIpc) is 2.92. The molecule has 0 aliphatic heterocycles. The van der Waals surface area contributed by atoms with Crippen molar-refractivity contribution in [1.29, 1.82) is 0 Å². The summed E-state index contributed by atoms with van der Waals surface area (Å²) in [6, 6.07) is 23.1. The summed E-state index contributed by atoms with van der Waals surface area (Å²) in [5.74, 6) is 2.25. The predicted molar refractivity (Wildman–Crippen MR) is 144 cm³/mol. The summed E-state index contributed by atoms with van der Waals surface area (Å²) in [7, 11) is 7.21. The summed E-state index contributed by atoms with van der Waals surface area (Å²) >= 11 is 0. The van der Waals surface area contributed by atoms with Gasteiger partial charge in [0.15, 0.2) is 0 Å². The van der Waals surface area contributed by atoms with Gasteiger partial charge in [0.1, 0.15) is 30.5 Å². The Morgan fingerprint density at radius 2 is 1.27 bits per heavy atom. The van der Waals surface area contributed by atoms with Gasteiger partial charge in [-0.2, -0.15) is 0 Å². The van der Waals surface area contributed by atoms with Crippen LogP contribution in [0, 0.1) is 0 Å². The molecule has 8 nitrogen and oxygen atoms in total. The van der Waals surface area contributed by atoms with Crippen LogP contribution in [-0.4, -0.2) is 65.7 Å². The van der Waals surface area contributed by atoms with E-state index in [0.717, 1.165) is 34.1 Å². The number of nitrogens with zero attached hydrogens (tertiary/aromatic N) is 2. The zero-order valence-corrected chi connectivity index (χ0v) is 22.0. The van der Waals surface area contributed by atoms with Gasteiger partial charge in [-0.1, -0.05) is 30.3 Å². The molecule has 0 saturated heterocycles. The Bertz CT molecular complexity index is 1070. The maximum atomic E-state index is 13.0. The number of benzene rings is 3. The van der Waals surface area contributed by atoms with Gasteiger partial charge in [-0.05, 0) is 47.5 Å². The van der Waals surface area contributed by atoms with E-state index in [4.69, 9.17) is 23.7 Å². The van der Waals surface area contributed by atoms with Crippen molar-refractivity contribution in [3.05, 3.63) is 83.9 Å². The monoisotopic (exact) mass is 508 g/mol. The molecule has 3 aromatic carbocycles. The summed E-state index contributed by atoms with van der Waals surface area (Å²) < 4.78 is 27.5. The first kappa shape index (κ1) is 27.7. The minimum atomic E-state index is -0.425. The van der Waals surface area contributed by atoms with E-state index in [9.17, 15) is 4.79 Å². The molecule has 0 saturated carbocycles. The Kier molecular flexibility index (Phi) is 10.9. The molecule has 8 heteroatoms. The first-order valence-corrected chi connectivity index (χ1v) is 12.1. The fourth-order valence-electron chi connectivity index (χ4n) is 3.62. The van der Waals surface area contributed by atoms with Crippen LogP contribution < -0.4 is 19.1 Å². The minimum absolute atomic E-state index is 0.141. The van der Waals surface area contributed by atoms with E-state index >= 15 is 0 Å². The van der Waals surface area contributed by atoms with Crippen LogP contribution in [0.2, 0.25) is 0 Å². The first-order chi connectivity index (χ1) is 18.0. The van der Waals surface area contributed by atoms with Crippen molar-refractivity contribution >= 4 is 11.8 Å². The second-order valence-corrected chi connectivity index (χ2v) is 8.53. The van der Waals surface area contributed by atoms with Crippen molar-refractivity contribution in [2.45, 2.75) is 13.1 Å². The first-order valence-electron chi connectivity index (χ1n) is 12.1. The van der Waals surface area contributed by atoms with Crippen LogP contribution in [0.4, 0.5) is 10.5 Å². The summed E-state index contributed by atoms with van der Waals surface area (Å²) in [5.41, 5.74) is 2.94.